The van der Waals surface area contributed by atoms with E-state index in [-0.39, 0.29) is 12.0 Å². The zero-order valence-corrected chi connectivity index (χ0v) is 15.4. The molecule has 0 saturated carbocycles. The molecule has 1 aromatic carbocycles. The Balaban J connectivity index is 1.72. The summed E-state index contributed by atoms with van der Waals surface area (Å²) in [5, 5.41) is 6.06. The van der Waals surface area contributed by atoms with E-state index in [0.29, 0.717) is 5.89 Å². The molecule has 5 nitrogen and oxygen atoms in total. The molecule has 4 rings (SSSR count). The first-order chi connectivity index (χ1) is 12.0. The van der Waals surface area contributed by atoms with Crippen molar-refractivity contribution in [2.45, 2.75) is 45.6 Å². The third-order valence-corrected chi connectivity index (χ3v) is 5.24. The number of benzene rings is 1. The van der Waals surface area contributed by atoms with Gasteiger partial charge in [0.2, 0.25) is 5.89 Å². The monoisotopic (exact) mass is 356 g/mol. The number of anilines is 1. The van der Waals surface area contributed by atoms with Gasteiger partial charge >= 0.3 is 0 Å². The molecule has 3 heterocycles. The maximum Gasteiger partial charge on any atom is 0.229 e. The third-order valence-electron chi connectivity index (χ3n) is 4.83. The summed E-state index contributed by atoms with van der Waals surface area (Å²) in [5.74, 6) is 2.62. The molecule has 0 N–H and O–H groups in total. The molecule has 0 aliphatic carbocycles. The minimum atomic E-state index is 0.112. The van der Waals surface area contributed by atoms with Gasteiger partial charge in [-0.1, -0.05) is 36.7 Å². The Morgan fingerprint density at radius 3 is 2.76 bits per heavy atom. The molecule has 6 heteroatoms. The SMILES string of the molecule is Cc1c(Cl)ccc2ccc(N3CCCC3c3noc(C(C)C)n3)nc12. The predicted molar refractivity (Wildman–Crippen MR) is 99.2 cm³/mol. The fourth-order valence-corrected chi connectivity index (χ4v) is 3.53. The van der Waals surface area contributed by atoms with E-state index >= 15 is 0 Å². The van der Waals surface area contributed by atoms with E-state index in [4.69, 9.17) is 21.1 Å². The molecule has 1 aliphatic heterocycles. The first-order valence-corrected chi connectivity index (χ1v) is 9.08. The molecular weight excluding hydrogens is 336 g/mol. The summed E-state index contributed by atoms with van der Waals surface area (Å²) in [6, 6.07) is 8.22. The normalized spacial score (nSPS) is 17.8. The van der Waals surface area contributed by atoms with Crippen LogP contribution >= 0.6 is 11.6 Å². The van der Waals surface area contributed by atoms with E-state index in [9.17, 15) is 0 Å². The third kappa shape index (κ3) is 2.86. The minimum absolute atomic E-state index is 0.112. The highest BCUT2D eigenvalue weighted by Gasteiger charge is 2.31. The number of nitrogens with zero attached hydrogens (tertiary/aromatic N) is 4. The molecular formula is C19H21ClN4O. The standard InChI is InChI=1S/C19H21ClN4O/c1-11(2)19-22-18(23-25-19)15-5-4-10-24(15)16-9-7-13-6-8-14(20)12(3)17(13)21-16/h6-9,11,15H,4-5,10H2,1-3H3. The molecule has 1 atom stereocenters. The van der Waals surface area contributed by atoms with Gasteiger partial charge in [-0.15, -0.1) is 0 Å². The van der Waals surface area contributed by atoms with Gasteiger partial charge in [0.25, 0.3) is 0 Å². The van der Waals surface area contributed by atoms with Crippen LogP contribution in [0.15, 0.2) is 28.8 Å². The van der Waals surface area contributed by atoms with Crippen molar-refractivity contribution in [1.29, 1.82) is 0 Å². The van der Waals surface area contributed by atoms with Crippen LogP contribution in [0.3, 0.4) is 0 Å². The molecule has 0 spiro atoms. The van der Waals surface area contributed by atoms with Gasteiger partial charge in [0, 0.05) is 22.9 Å². The minimum Gasteiger partial charge on any atom is -0.346 e. The van der Waals surface area contributed by atoms with Crippen molar-refractivity contribution in [1.82, 2.24) is 15.1 Å². The fourth-order valence-electron chi connectivity index (χ4n) is 3.38. The van der Waals surface area contributed by atoms with Crippen LogP contribution in [-0.4, -0.2) is 21.7 Å². The number of rotatable bonds is 3. The van der Waals surface area contributed by atoms with Crippen LogP contribution in [-0.2, 0) is 0 Å². The molecule has 0 bridgehead atoms. The summed E-state index contributed by atoms with van der Waals surface area (Å²) in [7, 11) is 0. The van der Waals surface area contributed by atoms with Crippen molar-refractivity contribution in [3.05, 3.63) is 46.6 Å². The highest BCUT2D eigenvalue weighted by atomic mass is 35.5. The van der Waals surface area contributed by atoms with Crippen molar-refractivity contribution in [2.75, 3.05) is 11.4 Å². The van der Waals surface area contributed by atoms with Gasteiger partial charge in [-0.2, -0.15) is 4.98 Å². The highest BCUT2D eigenvalue weighted by molar-refractivity contribution is 6.32. The first kappa shape index (κ1) is 16.3. The maximum atomic E-state index is 6.27. The van der Waals surface area contributed by atoms with Gasteiger partial charge in [0.1, 0.15) is 5.82 Å². The maximum absolute atomic E-state index is 6.27. The number of aryl methyl sites for hydroxylation is 1. The molecule has 130 valence electrons. The Morgan fingerprint density at radius 2 is 2.00 bits per heavy atom. The molecule has 1 unspecified atom stereocenters. The van der Waals surface area contributed by atoms with Crippen LogP contribution in [0.1, 0.15) is 55.9 Å². The van der Waals surface area contributed by atoms with Gasteiger partial charge in [0.05, 0.1) is 11.6 Å². The largest absolute Gasteiger partial charge is 0.346 e. The van der Waals surface area contributed by atoms with Gasteiger partial charge in [-0.05, 0) is 43.5 Å². The zero-order valence-electron chi connectivity index (χ0n) is 14.7. The Morgan fingerprint density at radius 1 is 1.20 bits per heavy atom. The van der Waals surface area contributed by atoms with Crippen LogP contribution < -0.4 is 4.90 Å². The lowest BCUT2D eigenvalue weighted by atomic mass is 10.1. The average Bonchev–Trinajstić information content (AvgIpc) is 3.26. The number of aromatic nitrogens is 3. The van der Waals surface area contributed by atoms with Crippen LogP contribution in [0.4, 0.5) is 5.82 Å². The molecule has 1 saturated heterocycles. The highest BCUT2D eigenvalue weighted by Crippen LogP contribution is 2.35. The van der Waals surface area contributed by atoms with E-state index in [2.05, 4.69) is 41.0 Å². The summed E-state index contributed by atoms with van der Waals surface area (Å²) in [6.07, 6.45) is 2.09. The summed E-state index contributed by atoms with van der Waals surface area (Å²) in [6.45, 7) is 7.06. The number of hydrogen-bond donors (Lipinski definition) is 0. The van der Waals surface area contributed by atoms with Crippen molar-refractivity contribution in [2.24, 2.45) is 0 Å². The van der Waals surface area contributed by atoms with E-state index in [1.165, 1.54) is 0 Å². The second-order valence-electron chi connectivity index (χ2n) is 6.91. The Bertz CT molecular complexity index is 921. The average molecular weight is 357 g/mol. The van der Waals surface area contributed by atoms with E-state index in [1.54, 1.807) is 0 Å². The van der Waals surface area contributed by atoms with Gasteiger partial charge in [-0.3, -0.25) is 0 Å². The van der Waals surface area contributed by atoms with Gasteiger partial charge < -0.3 is 9.42 Å². The lowest BCUT2D eigenvalue weighted by Crippen LogP contribution is -2.24. The first-order valence-electron chi connectivity index (χ1n) is 8.70. The number of hydrogen-bond acceptors (Lipinski definition) is 5. The number of pyridine rings is 1. The summed E-state index contributed by atoms with van der Waals surface area (Å²) in [4.78, 5) is 11.8. The summed E-state index contributed by atoms with van der Waals surface area (Å²) in [5.41, 5.74) is 1.96. The summed E-state index contributed by atoms with van der Waals surface area (Å²) < 4.78 is 5.40. The van der Waals surface area contributed by atoms with E-state index in [0.717, 1.165) is 52.5 Å². The lowest BCUT2D eigenvalue weighted by Gasteiger charge is -2.23. The van der Waals surface area contributed by atoms with Crippen LogP contribution in [0.5, 0.6) is 0 Å². The molecule has 25 heavy (non-hydrogen) atoms. The molecule has 0 radical (unpaired) electrons. The smallest absolute Gasteiger partial charge is 0.229 e. The Hall–Kier alpha value is -2.14. The topological polar surface area (TPSA) is 55.1 Å². The summed E-state index contributed by atoms with van der Waals surface area (Å²) >= 11 is 6.27. The van der Waals surface area contributed by atoms with Crippen LogP contribution in [0, 0.1) is 6.92 Å². The molecule has 1 fully saturated rings. The van der Waals surface area contributed by atoms with E-state index < -0.39 is 0 Å². The van der Waals surface area contributed by atoms with Crippen molar-refractivity contribution in [3.8, 4) is 0 Å². The second-order valence-corrected chi connectivity index (χ2v) is 7.32. The van der Waals surface area contributed by atoms with Gasteiger partial charge in [-0.25, -0.2) is 4.98 Å². The molecule has 1 aliphatic rings. The molecule has 3 aromatic rings. The predicted octanol–water partition coefficient (Wildman–Crippen LogP) is 5.04. The van der Waals surface area contributed by atoms with Crippen LogP contribution in [0.25, 0.3) is 10.9 Å². The Labute approximate surface area is 152 Å². The van der Waals surface area contributed by atoms with Crippen molar-refractivity contribution >= 4 is 28.3 Å². The van der Waals surface area contributed by atoms with Gasteiger partial charge in [0.15, 0.2) is 5.82 Å². The number of halogens is 1. The Kier molecular flexibility index (Phi) is 4.12. The number of fused-ring (bicyclic) bond motifs is 1. The molecule has 0 amide bonds. The van der Waals surface area contributed by atoms with Crippen LogP contribution in [0.2, 0.25) is 5.02 Å². The lowest BCUT2D eigenvalue weighted by molar-refractivity contribution is 0.358. The molecule has 2 aromatic heterocycles. The van der Waals surface area contributed by atoms with Crippen molar-refractivity contribution in [3.63, 3.8) is 0 Å². The fraction of sp³-hybridized carbons (Fsp3) is 0.421. The van der Waals surface area contributed by atoms with Crippen molar-refractivity contribution < 1.29 is 4.52 Å². The quantitative estimate of drug-likeness (QED) is 0.657. The van der Waals surface area contributed by atoms with E-state index in [1.807, 2.05) is 19.1 Å². The second kappa shape index (κ2) is 6.30. The zero-order chi connectivity index (χ0) is 17.6.